The lowest BCUT2D eigenvalue weighted by Gasteiger charge is -2.13. The molecule has 0 aliphatic rings. The predicted octanol–water partition coefficient (Wildman–Crippen LogP) is 3.78. The minimum atomic E-state index is -4.14. The van der Waals surface area contributed by atoms with Gasteiger partial charge in [0, 0.05) is 18.5 Å². The van der Waals surface area contributed by atoms with Crippen molar-refractivity contribution in [3.63, 3.8) is 0 Å². The number of hydrogen-bond acceptors (Lipinski definition) is 2. The van der Waals surface area contributed by atoms with Crippen LogP contribution in [0.2, 0.25) is 5.02 Å². The molecule has 2 nitrogen and oxygen atoms in total. The van der Waals surface area contributed by atoms with Gasteiger partial charge in [0.15, 0.2) is 0 Å². The molecular formula is C12H15ClF3NO. The van der Waals surface area contributed by atoms with Crippen molar-refractivity contribution in [1.29, 1.82) is 0 Å². The summed E-state index contributed by atoms with van der Waals surface area (Å²) in [5.41, 5.74) is 0.831. The van der Waals surface area contributed by atoms with E-state index in [4.69, 9.17) is 16.3 Å². The third-order valence-electron chi connectivity index (χ3n) is 2.27. The van der Waals surface area contributed by atoms with E-state index >= 15 is 0 Å². The maximum atomic E-state index is 12.0. The highest BCUT2D eigenvalue weighted by atomic mass is 35.5. The number of benzene rings is 1. The van der Waals surface area contributed by atoms with Gasteiger partial charge in [-0.1, -0.05) is 23.7 Å². The van der Waals surface area contributed by atoms with Crippen molar-refractivity contribution in [3.8, 4) is 5.75 Å². The first-order valence-electron chi connectivity index (χ1n) is 5.55. The van der Waals surface area contributed by atoms with Crippen LogP contribution in [0.25, 0.3) is 0 Å². The summed E-state index contributed by atoms with van der Waals surface area (Å²) in [7, 11) is 1.77. The van der Waals surface area contributed by atoms with Crippen LogP contribution in [0.3, 0.4) is 0 Å². The van der Waals surface area contributed by atoms with Gasteiger partial charge in [-0.05, 0) is 19.5 Å². The van der Waals surface area contributed by atoms with E-state index in [1.54, 1.807) is 19.2 Å². The standard InChI is InChI=1S/C12H15ClF3NO/c1-17-8-9-4-2-5-10(13)11(9)18-7-3-6-12(14,15)16/h2,4-5,17H,3,6-8H2,1H3. The number of halogens is 4. The highest BCUT2D eigenvalue weighted by Crippen LogP contribution is 2.29. The first-order chi connectivity index (χ1) is 8.44. The molecule has 1 aromatic carbocycles. The van der Waals surface area contributed by atoms with E-state index < -0.39 is 12.6 Å². The highest BCUT2D eigenvalue weighted by molar-refractivity contribution is 6.32. The molecule has 1 rings (SSSR count). The first-order valence-corrected chi connectivity index (χ1v) is 5.93. The molecule has 18 heavy (non-hydrogen) atoms. The highest BCUT2D eigenvalue weighted by Gasteiger charge is 2.26. The molecule has 0 aromatic heterocycles. The second-order valence-corrected chi connectivity index (χ2v) is 4.23. The molecular weight excluding hydrogens is 267 g/mol. The molecule has 0 aliphatic carbocycles. The van der Waals surface area contributed by atoms with Crippen LogP contribution in [0.1, 0.15) is 18.4 Å². The van der Waals surface area contributed by atoms with Crippen LogP contribution < -0.4 is 10.1 Å². The Kier molecular flexibility index (Phi) is 5.75. The van der Waals surface area contributed by atoms with Crippen LogP contribution in [0, 0.1) is 0 Å². The van der Waals surface area contributed by atoms with E-state index in [1.807, 2.05) is 6.07 Å². The number of alkyl halides is 3. The zero-order valence-corrected chi connectivity index (χ0v) is 10.7. The summed E-state index contributed by atoms with van der Waals surface area (Å²) in [6, 6.07) is 5.25. The summed E-state index contributed by atoms with van der Waals surface area (Å²) in [6.45, 7) is 0.551. The third-order valence-corrected chi connectivity index (χ3v) is 2.56. The van der Waals surface area contributed by atoms with Crippen LogP contribution in [0.15, 0.2) is 18.2 Å². The molecule has 6 heteroatoms. The van der Waals surface area contributed by atoms with Crippen LogP contribution in [0.4, 0.5) is 13.2 Å². The molecule has 0 unspecified atom stereocenters. The van der Waals surface area contributed by atoms with Gasteiger partial charge in [0.2, 0.25) is 0 Å². The van der Waals surface area contributed by atoms with Crippen LogP contribution in [-0.4, -0.2) is 19.8 Å². The van der Waals surface area contributed by atoms with Crippen molar-refractivity contribution in [3.05, 3.63) is 28.8 Å². The Balaban J connectivity index is 2.55. The quantitative estimate of drug-likeness (QED) is 0.801. The number of hydrogen-bond donors (Lipinski definition) is 1. The minimum absolute atomic E-state index is 0.0000420. The van der Waals surface area contributed by atoms with Crippen molar-refractivity contribution in [2.24, 2.45) is 0 Å². The second-order valence-electron chi connectivity index (χ2n) is 3.83. The molecule has 0 saturated carbocycles. The minimum Gasteiger partial charge on any atom is -0.492 e. The van der Waals surface area contributed by atoms with Gasteiger partial charge in [-0.2, -0.15) is 13.2 Å². The SMILES string of the molecule is CNCc1cccc(Cl)c1OCCCC(F)(F)F. The molecule has 0 atom stereocenters. The van der Waals surface area contributed by atoms with Crippen molar-refractivity contribution in [1.82, 2.24) is 5.32 Å². The van der Waals surface area contributed by atoms with Crippen molar-refractivity contribution >= 4 is 11.6 Å². The third kappa shape index (κ3) is 5.14. The number of rotatable bonds is 6. The van der Waals surface area contributed by atoms with Gasteiger partial charge in [-0.25, -0.2) is 0 Å². The van der Waals surface area contributed by atoms with E-state index in [9.17, 15) is 13.2 Å². The molecule has 1 N–H and O–H groups in total. The van der Waals surface area contributed by atoms with Crippen molar-refractivity contribution < 1.29 is 17.9 Å². The Morgan fingerprint density at radius 3 is 2.67 bits per heavy atom. The van der Waals surface area contributed by atoms with Gasteiger partial charge < -0.3 is 10.1 Å². The van der Waals surface area contributed by atoms with E-state index in [-0.39, 0.29) is 13.0 Å². The smallest absolute Gasteiger partial charge is 0.389 e. The summed E-state index contributed by atoms with van der Waals surface area (Å²) in [4.78, 5) is 0. The van der Waals surface area contributed by atoms with Crippen molar-refractivity contribution in [2.75, 3.05) is 13.7 Å². The lowest BCUT2D eigenvalue weighted by atomic mass is 10.2. The molecule has 0 saturated heterocycles. The summed E-state index contributed by atoms with van der Waals surface area (Å²) in [5, 5.41) is 3.36. The summed E-state index contributed by atoms with van der Waals surface area (Å²) >= 11 is 5.96. The maximum Gasteiger partial charge on any atom is 0.389 e. The van der Waals surface area contributed by atoms with Crippen LogP contribution >= 0.6 is 11.6 Å². The summed E-state index contributed by atoms with van der Waals surface area (Å²) in [6.07, 6.45) is -5.07. The fraction of sp³-hybridized carbons (Fsp3) is 0.500. The Morgan fingerprint density at radius 1 is 1.33 bits per heavy atom. The van der Waals surface area contributed by atoms with Crippen LogP contribution in [-0.2, 0) is 6.54 Å². The first kappa shape index (κ1) is 15.1. The Hall–Kier alpha value is -0.940. The molecule has 0 amide bonds. The lowest BCUT2D eigenvalue weighted by Crippen LogP contribution is -2.11. The fourth-order valence-corrected chi connectivity index (χ4v) is 1.74. The monoisotopic (exact) mass is 281 g/mol. The topological polar surface area (TPSA) is 21.3 Å². The fourth-order valence-electron chi connectivity index (χ4n) is 1.49. The molecule has 102 valence electrons. The summed E-state index contributed by atoms with van der Waals surface area (Å²) < 4.78 is 41.3. The molecule has 0 spiro atoms. The Morgan fingerprint density at radius 2 is 2.06 bits per heavy atom. The number of nitrogens with one attached hydrogen (secondary N) is 1. The molecule has 0 fully saturated rings. The molecule has 0 heterocycles. The lowest BCUT2D eigenvalue weighted by molar-refractivity contribution is -0.136. The van der Waals surface area contributed by atoms with Crippen molar-refractivity contribution in [2.45, 2.75) is 25.6 Å². The van der Waals surface area contributed by atoms with Gasteiger partial charge in [-0.15, -0.1) is 0 Å². The summed E-state index contributed by atoms with van der Waals surface area (Å²) in [5.74, 6) is 0.454. The van der Waals surface area contributed by atoms with Gasteiger partial charge in [0.05, 0.1) is 11.6 Å². The van der Waals surface area contributed by atoms with E-state index in [1.165, 1.54) is 0 Å². The number of ether oxygens (including phenoxy) is 1. The molecule has 0 radical (unpaired) electrons. The average Bonchev–Trinajstić information content (AvgIpc) is 2.26. The van der Waals surface area contributed by atoms with E-state index in [0.717, 1.165) is 5.56 Å². The molecule has 0 bridgehead atoms. The van der Waals surface area contributed by atoms with E-state index in [0.29, 0.717) is 17.3 Å². The van der Waals surface area contributed by atoms with Gasteiger partial charge in [0.25, 0.3) is 0 Å². The zero-order chi connectivity index (χ0) is 13.6. The predicted molar refractivity (Wildman–Crippen MR) is 65.0 cm³/mol. The normalized spacial score (nSPS) is 11.6. The second kappa shape index (κ2) is 6.85. The van der Waals surface area contributed by atoms with E-state index in [2.05, 4.69) is 5.32 Å². The Labute approximate surface area is 109 Å². The Bertz CT molecular complexity index is 382. The van der Waals surface area contributed by atoms with Gasteiger partial charge in [0.1, 0.15) is 5.75 Å². The average molecular weight is 282 g/mol. The molecule has 1 aromatic rings. The zero-order valence-electron chi connectivity index (χ0n) is 9.98. The van der Waals surface area contributed by atoms with Gasteiger partial charge >= 0.3 is 6.18 Å². The van der Waals surface area contributed by atoms with Crippen LogP contribution in [0.5, 0.6) is 5.75 Å². The number of para-hydroxylation sites is 1. The maximum absolute atomic E-state index is 12.0. The molecule has 0 aliphatic heterocycles. The van der Waals surface area contributed by atoms with Gasteiger partial charge in [-0.3, -0.25) is 0 Å². The largest absolute Gasteiger partial charge is 0.492 e.